The molecule has 0 aliphatic heterocycles. The van der Waals surface area contributed by atoms with E-state index in [0.29, 0.717) is 11.8 Å². The summed E-state index contributed by atoms with van der Waals surface area (Å²) >= 11 is 1.82. The lowest BCUT2D eigenvalue weighted by molar-refractivity contribution is 0.811. The number of hydrogen-bond donors (Lipinski definition) is 0. The highest BCUT2D eigenvalue weighted by molar-refractivity contribution is 7.18. The predicted molar refractivity (Wildman–Crippen MR) is 148 cm³/mol. The smallest absolute Gasteiger partial charge is 0.147 e. The van der Waals surface area contributed by atoms with E-state index in [9.17, 15) is 0 Å². The van der Waals surface area contributed by atoms with E-state index in [-0.39, 0.29) is 0 Å². The van der Waals surface area contributed by atoms with Gasteiger partial charge in [-0.05, 0) is 45.9 Å². The van der Waals surface area contributed by atoms with E-state index in [1.54, 1.807) is 0 Å². The lowest BCUT2D eigenvalue weighted by Gasteiger charge is -2.22. The third-order valence-electron chi connectivity index (χ3n) is 6.83. The van der Waals surface area contributed by atoms with E-state index in [4.69, 9.17) is 4.98 Å². The minimum Gasteiger partial charge on any atom is -0.292 e. The van der Waals surface area contributed by atoms with Crippen LogP contribution in [0.3, 0.4) is 0 Å². The summed E-state index contributed by atoms with van der Waals surface area (Å²) in [5.41, 5.74) is 7.41. The molecule has 0 bridgehead atoms. The highest BCUT2D eigenvalue weighted by atomic mass is 32.1. The van der Waals surface area contributed by atoms with E-state index >= 15 is 0 Å². The Bertz CT molecular complexity index is 1640. The summed E-state index contributed by atoms with van der Waals surface area (Å²) in [5, 5.41) is 6.16. The minimum absolute atomic E-state index is 0.408. The van der Waals surface area contributed by atoms with Crippen LogP contribution in [-0.4, -0.2) is 9.55 Å². The molecule has 0 aliphatic carbocycles. The van der Waals surface area contributed by atoms with Crippen molar-refractivity contribution in [3.05, 3.63) is 95.4 Å². The fraction of sp³-hybridized carbons (Fsp3) is 0.194. The second kappa shape index (κ2) is 8.11. The van der Waals surface area contributed by atoms with E-state index in [1.807, 2.05) is 11.3 Å². The van der Waals surface area contributed by atoms with Gasteiger partial charge in [-0.15, -0.1) is 11.3 Å². The first-order chi connectivity index (χ1) is 16.5. The monoisotopic (exact) mass is 460 g/mol. The number of benzene rings is 4. The van der Waals surface area contributed by atoms with Crippen LogP contribution in [0.5, 0.6) is 0 Å². The summed E-state index contributed by atoms with van der Waals surface area (Å²) in [6.45, 7) is 9.14. The third kappa shape index (κ3) is 3.19. The van der Waals surface area contributed by atoms with Crippen LogP contribution in [0.1, 0.15) is 50.7 Å². The molecule has 168 valence electrons. The molecule has 34 heavy (non-hydrogen) atoms. The molecule has 6 aromatic rings. The Kier molecular flexibility index (Phi) is 5.04. The summed E-state index contributed by atoms with van der Waals surface area (Å²) in [6.07, 6.45) is 0. The highest BCUT2D eigenvalue weighted by Crippen LogP contribution is 2.42. The van der Waals surface area contributed by atoms with Gasteiger partial charge in [0, 0.05) is 21.0 Å². The van der Waals surface area contributed by atoms with Gasteiger partial charge in [-0.1, -0.05) is 94.4 Å². The second-order valence-corrected chi connectivity index (χ2v) is 10.5. The predicted octanol–water partition coefficient (Wildman–Crippen LogP) is 9.31. The molecule has 2 aromatic heterocycles. The lowest BCUT2D eigenvalue weighted by atomic mass is 9.92. The average Bonchev–Trinajstić information content (AvgIpc) is 3.45. The molecule has 0 radical (unpaired) electrons. The first-order valence-corrected chi connectivity index (χ1v) is 12.9. The molecule has 6 rings (SSSR count). The maximum absolute atomic E-state index is 5.23. The largest absolute Gasteiger partial charge is 0.292 e. The van der Waals surface area contributed by atoms with Crippen molar-refractivity contribution in [1.29, 1.82) is 0 Å². The number of rotatable bonds is 4. The number of hydrogen-bond acceptors (Lipinski definition) is 2. The number of aromatic nitrogens is 2. The van der Waals surface area contributed by atoms with Gasteiger partial charge >= 0.3 is 0 Å². The van der Waals surface area contributed by atoms with Crippen LogP contribution in [0.25, 0.3) is 49.0 Å². The minimum atomic E-state index is 0.408. The quantitative estimate of drug-likeness (QED) is 0.256. The SMILES string of the molecule is CC(C)c1cccc(C(C)C)c1-n1c(-c2csc3c2ccc2ccccc23)nc2ccccc21. The zero-order valence-electron chi connectivity index (χ0n) is 20.0. The molecule has 0 saturated carbocycles. The molecule has 0 aliphatic rings. The van der Waals surface area contributed by atoms with Crippen molar-refractivity contribution in [2.45, 2.75) is 39.5 Å². The molecule has 0 spiro atoms. The summed E-state index contributed by atoms with van der Waals surface area (Å²) in [7, 11) is 0. The summed E-state index contributed by atoms with van der Waals surface area (Å²) in [6, 6.07) is 28.5. The molecule has 0 N–H and O–H groups in total. The Balaban J connectivity index is 1.74. The van der Waals surface area contributed by atoms with Crippen LogP contribution in [0.4, 0.5) is 0 Å². The van der Waals surface area contributed by atoms with Crippen LogP contribution in [0.2, 0.25) is 0 Å². The maximum atomic E-state index is 5.23. The Morgan fingerprint density at radius 2 is 1.41 bits per heavy atom. The molecule has 0 saturated heterocycles. The third-order valence-corrected chi connectivity index (χ3v) is 7.86. The van der Waals surface area contributed by atoms with Crippen LogP contribution in [0.15, 0.2) is 84.2 Å². The molecule has 2 heterocycles. The van der Waals surface area contributed by atoms with Gasteiger partial charge in [0.15, 0.2) is 0 Å². The number of thiophene rings is 1. The van der Waals surface area contributed by atoms with Crippen molar-refractivity contribution in [1.82, 2.24) is 9.55 Å². The Morgan fingerprint density at radius 3 is 2.18 bits per heavy atom. The maximum Gasteiger partial charge on any atom is 0.147 e. The zero-order chi connectivity index (χ0) is 23.4. The van der Waals surface area contributed by atoms with E-state index < -0.39 is 0 Å². The van der Waals surface area contributed by atoms with Gasteiger partial charge in [0.25, 0.3) is 0 Å². The molecule has 0 unspecified atom stereocenters. The normalized spacial score (nSPS) is 12.1. The highest BCUT2D eigenvalue weighted by Gasteiger charge is 2.23. The van der Waals surface area contributed by atoms with Crippen molar-refractivity contribution in [3.8, 4) is 17.1 Å². The van der Waals surface area contributed by atoms with Gasteiger partial charge < -0.3 is 0 Å². The van der Waals surface area contributed by atoms with Crippen molar-refractivity contribution in [2.24, 2.45) is 0 Å². The molecule has 0 fully saturated rings. The van der Waals surface area contributed by atoms with E-state index in [2.05, 4.69) is 117 Å². The Hall–Kier alpha value is -3.43. The van der Waals surface area contributed by atoms with Gasteiger partial charge in [-0.2, -0.15) is 0 Å². The lowest BCUT2D eigenvalue weighted by Crippen LogP contribution is -2.08. The molecule has 2 nitrogen and oxygen atoms in total. The summed E-state index contributed by atoms with van der Waals surface area (Å²) in [5.74, 6) is 1.84. The van der Waals surface area contributed by atoms with Crippen molar-refractivity contribution in [2.75, 3.05) is 0 Å². The average molecular weight is 461 g/mol. The second-order valence-electron chi connectivity index (χ2n) is 9.67. The van der Waals surface area contributed by atoms with Gasteiger partial charge in [0.05, 0.1) is 16.7 Å². The van der Waals surface area contributed by atoms with Crippen molar-refractivity contribution >= 4 is 43.2 Å². The first kappa shape index (κ1) is 21.1. The van der Waals surface area contributed by atoms with Crippen LogP contribution >= 0.6 is 11.3 Å². The molecule has 3 heteroatoms. The van der Waals surface area contributed by atoms with Crippen molar-refractivity contribution in [3.63, 3.8) is 0 Å². The fourth-order valence-corrected chi connectivity index (χ4v) is 6.23. The summed E-state index contributed by atoms with van der Waals surface area (Å²) in [4.78, 5) is 5.23. The standard InChI is InChI=1S/C31H28N2S/c1-19(2)22-12-9-13-23(20(3)4)29(22)33-28-15-8-7-14-27(28)32-31(33)26-18-34-30-24-11-6-5-10-21(24)16-17-25(26)30/h5-20H,1-4H3. The van der Waals surface area contributed by atoms with Gasteiger partial charge in [0.1, 0.15) is 5.82 Å². The molecular weight excluding hydrogens is 432 g/mol. The topological polar surface area (TPSA) is 17.8 Å². The van der Waals surface area contributed by atoms with E-state index in [0.717, 1.165) is 16.9 Å². The van der Waals surface area contributed by atoms with Crippen LogP contribution < -0.4 is 0 Å². The zero-order valence-corrected chi connectivity index (χ0v) is 20.9. The number of para-hydroxylation sites is 3. The molecular formula is C31H28N2S. The summed E-state index contributed by atoms with van der Waals surface area (Å²) < 4.78 is 3.75. The number of imidazole rings is 1. The molecule has 0 amide bonds. The fourth-order valence-electron chi connectivity index (χ4n) is 5.14. The Morgan fingerprint density at radius 1 is 0.706 bits per heavy atom. The van der Waals surface area contributed by atoms with Crippen molar-refractivity contribution < 1.29 is 0 Å². The van der Waals surface area contributed by atoms with Gasteiger partial charge in [-0.3, -0.25) is 4.57 Å². The molecule has 4 aromatic carbocycles. The number of nitrogens with zero attached hydrogens (tertiary/aromatic N) is 2. The van der Waals surface area contributed by atoms with Gasteiger partial charge in [-0.25, -0.2) is 4.98 Å². The van der Waals surface area contributed by atoms with E-state index in [1.165, 1.54) is 43.2 Å². The van der Waals surface area contributed by atoms with Gasteiger partial charge in [0.2, 0.25) is 0 Å². The Labute approximate surface area is 204 Å². The molecule has 0 atom stereocenters. The number of fused-ring (bicyclic) bond motifs is 4. The van der Waals surface area contributed by atoms with Crippen LogP contribution in [-0.2, 0) is 0 Å². The first-order valence-electron chi connectivity index (χ1n) is 12.0. The van der Waals surface area contributed by atoms with Crippen LogP contribution in [0, 0.1) is 0 Å².